The van der Waals surface area contributed by atoms with Crippen LogP contribution in [-0.2, 0) is 9.53 Å². The summed E-state index contributed by atoms with van der Waals surface area (Å²) in [5, 5.41) is 10.2. The molecule has 1 aliphatic carbocycles. The van der Waals surface area contributed by atoms with E-state index < -0.39 is 23.4 Å². The van der Waals surface area contributed by atoms with Gasteiger partial charge in [-0.1, -0.05) is 49.7 Å². The van der Waals surface area contributed by atoms with Crippen molar-refractivity contribution in [2.75, 3.05) is 0 Å². The minimum absolute atomic E-state index is 0.294. The average Bonchev–Trinajstić information content (AvgIpc) is 3.34. The number of hydrogen-bond acceptors (Lipinski definition) is 6. The van der Waals surface area contributed by atoms with Gasteiger partial charge in [0.05, 0.1) is 5.69 Å². The summed E-state index contributed by atoms with van der Waals surface area (Å²) in [6.07, 6.45) is -1.52. The van der Waals surface area contributed by atoms with Gasteiger partial charge >= 0.3 is 5.97 Å². The molecule has 0 radical (unpaired) electrons. The third-order valence-electron chi connectivity index (χ3n) is 5.39. The Bertz CT molecular complexity index is 1140. The number of benzene rings is 2. The molecule has 4 rings (SSSR count). The number of nitriles is 1. The Balaban J connectivity index is 1.43. The monoisotopic (exact) mass is 448 g/mol. The van der Waals surface area contributed by atoms with Gasteiger partial charge in [0.1, 0.15) is 29.6 Å². The Kier molecular flexibility index (Phi) is 6.02. The van der Waals surface area contributed by atoms with Crippen molar-refractivity contribution in [1.82, 2.24) is 4.98 Å². The van der Waals surface area contributed by atoms with Crippen molar-refractivity contribution >= 4 is 17.6 Å². The largest absolute Gasteiger partial charge is 0.489 e. The van der Waals surface area contributed by atoms with E-state index in [4.69, 9.17) is 25.8 Å². The lowest BCUT2D eigenvalue weighted by molar-refractivity contribution is -0.150. The third kappa shape index (κ3) is 4.68. The first kappa shape index (κ1) is 21.7. The van der Waals surface area contributed by atoms with E-state index >= 15 is 0 Å². The van der Waals surface area contributed by atoms with Gasteiger partial charge in [-0.2, -0.15) is 5.26 Å². The van der Waals surface area contributed by atoms with Crippen molar-refractivity contribution in [3.8, 4) is 23.4 Å². The lowest BCUT2D eigenvalue weighted by Crippen LogP contribution is -2.16. The standard InChI is InChI=1S/C25H21ClN2O4/c1-25(2)22(23(25)31-18-13-11-16(26)12-14-18)24(29)32-20(15-27)19-9-6-10-21(28-19)30-17-7-4-3-5-8-17/h3-14,20,22-23H,1-2H3. The number of para-hydroxylation sites is 1. The molecule has 1 aromatic heterocycles. The van der Waals surface area contributed by atoms with Crippen LogP contribution in [0.4, 0.5) is 0 Å². The normalized spacial score (nSPS) is 19.3. The molecule has 1 heterocycles. The summed E-state index contributed by atoms with van der Waals surface area (Å²) in [7, 11) is 0. The number of aromatic nitrogens is 1. The molecular formula is C25H21ClN2O4. The minimum Gasteiger partial charge on any atom is -0.489 e. The van der Waals surface area contributed by atoms with Crippen molar-refractivity contribution in [3.05, 3.63) is 83.5 Å². The first-order valence-corrected chi connectivity index (χ1v) is 10.5. The van der Waals surface area contributed by atoms with Crippen LogP contribution in [0.15, 0.2) is 72.8 Å². The highest BCUT2D eigenvalue weighted by Crippen LogP contribution is 2.55. The summed E-state index contributed by atoms with van der Waals surface area (Å²) in [5.74, 6) is 0.534. The predicted octanol–water partition coefficient (Wildman–Crippen LogP) is 5.74. The molecule has 162 valence electrons. The second kappa shape index (κ2) is 8.89. The van der Waals surface area contributed by atoms with E-state index in [9.17, 15) is 10.1 Å². The molecule has 0 spiro atoms. The number of ether oxygens (including phenoxy) is 3. The first-order valence-electron chi connectivity index (χ1n) is 10.1. The second-order valence-corrected chi connectivity index (χ2v) is 8.49. The molecular weight excluding hydrogens is 428 g/mol. The van der Waals surface area contributed by atoms with E-state index in [2.05, 4.69) is 4.98 Å². The van der Waals surface area contributed by atoms with Crippen LogP contribution in [0.5, 0.6) is 17.4 Å². The molecule has 0 N–H and O–H groups in total. The zero-order valence-corrected chi connectivity index (χ0v) is 18.3. The summed E-state index contributed by atoms with van der Waals surface area (Å²) in [4.78, 5) is 17.2. The summed E-state index contributed by atoms with van der Waals surface area (Å²) in [6, 6.07) is 23.1. The number of esters is 1. The summed E-state index contributed by atoms with van der Waals surface area (Å²) >= 11 is 5.91. The molecule has 2 aromatic carbocycles. The van der Waals surface area contributed by atoms with Gasteiger partial charge in [-0.05, 0) is 42.5 Å². The lowest BCUT2D eigenvalue weighted by Gasteiger charge is -2.12. The third-order valence-corrected chi connectivity index (χ3v) is 5.64. The Hall–Kier alpha value is -3.56. The molecule has 1 aliphatic rings. The Morgan fingerprint density at radius 3 is 2.44 bits per heavy atom. The van der Waals surface area contributed by atoms with Crippen LogP contribution in [0, 0.1) is 22.7 Å². The fourth-order valence-corrected chi connectivity index (χ4v) is 3.61. The maximum Gasteiger partial charge on any atom is 0.315 e. The number of carbonyl (C=O) groups is 1. The van der Waals surface area contributed by atoms with Crippen LogP contribution in [-0.4, -0.2) is 17.1 Å². The predicted molar refractivity (Wildman–Crippen MR) is 118 cm³/mol. The number of nitrogens with zero attached hydrogens (tertiary/aromatic N) is 2. The SMILES string of the molecule is CC1(C)C(Oc2ccc(Cl)cc2)C1C(=O)OC(C#N)c1cccc(Oc2ccccc2)n1. The molecule has 0 aliphatic heterocycles. The Labute approximate surface area is 191 Å². The zero-order valence-electron chi connectivity index (χ0n) is 17.6. The molecule has 1 fully saturated rings. The number of carbonyl (C=O) groups excluding carboxylic acids is 1. The van der Waals surface area contributed by atoms with E-state index in [0.717, 1.165) is 0 Å². The van der Waals surface area contributed by atoms with E-state index in [1.54, 1.807) is 54.6 Å². The van der Waals surface area contributed by atoms with Crippen molar-refractivity contribution in [1.29, 1.82) is 5.26 Å². The van der Waals surface area contributed by atoms with Crippen LogP contribution < -0.4 is 9.47 Å². The van der Waals surface area contributed by atoms with E-state index in [1.807, 2.05) is 38.1 Å². The van der Waals surface area contributed by atoms with E-state index in [0.29, 0.717) is 28.1 Å². The van der Waals surface area contributed by atoms with Crippen molar-refractivity contribution in [2.45, 2.75) is 26.1 Å². The average molecular weight is 449 g/mol. The fourth-order valence-electron chi connectivity index (χ4n) is 3.48. The summed E-state index contributed by atoms with van der Waals surface area (Å²) < 4.78 is 17.2. The maximum absolute atomic E-state index is 12.9. The van der Waals surface area contributed by atoms with Crippen molar-refractivity contribution in [2.24, 2.45) is 11.3 Å². The molecule has 0 saturated heterocycles. The van der Waals surface area contributed by atoms with Crippen LogP contribution in [0.3, 0.4) is 0 Å². The second-order valence-electron chi connectivity index (χ2n) is 8.05. The molecule has 0 bridgehead atoms. The molecule has 6 nitrogen and oxygen atoms in total. The van der Waals surface area contributed by atoms with Gasteiger partial charge < -0.3 is 14.2 Å². The van der Waals surface area contributed by atoms with Crippen molar-refractivity contribution in [3.63, 3.8) is 0 Å². The number of hydrogen-bond donors (Lipinski definition) is 0. The van der Waals surface area contributed by atoms with Gasteiger partial charge in [0.2, 0.25) is 12.0 Å². The molecule has 7 heteroatoms. The molecule has 1 saturated carbocycles. The topological polar surface area (TPSA) is 81.4 Å². The van der Waals surface area contributed by atoms with Crippen LogP contribution in [0.25, 0.3) is 0 Å². The number of rotatable bonds is 7. The molecule has 3 aromatic rings. The first-order chi connectivity index (χ1) is 15.4. The van der Waals surface area contributed by atoms with Gasteiger partial charge in [-0.25, -0.2) is 4.98 Å². The smallest absolute Gasteiger partial charge is 0.315 e. The molecule has 32 heavy (non-hydrogen) atoms. The number of halogens is 1. The summed E-state index contributed by atoms with van der Waals surface area (Å²) in [6.45, 7) is 3.85. The van der Waals surface area contributed by atoms with Gasteiger partial charge in [-0.3, -0.25) is 4.79 Å². The highest BCUT2D eigenvalue weighted by molar-refractivity contribution is 6.30. The zero-order chi connectivity index (χ0) is 22.7. The van der Waals surface area contributed by atoms with Crippen LogP contribution in [0.1, 0.15) is 25.6 Å². The van der Waals surface area contributed by atoms with Crippen LogP contribution in [0.2, 0.25) is 5.02 Å². The molecule has 0 amide bonds. The van der Waals surface area contributed by atoms with Gasteiger partial charge in [0.25, 0.3) is 0 Å². The van der Waals surface area contributed by atoms with E-state index in [1.165, 1.54) is 0 Å². The summed E-state index contributed by atoms with van der Waals surface area (Å²) in [5.41, 5.74) is -0.134. The van der Waals surface area contributed by atoms with E-state index in [-0.39, 0.29) is 6.10 Å². The minimum atomic E-state index is -1.16. The Morgan fingerprint density at radius 2 is 1.75 bits per heavy atom. The van der Waals surface area contributed by atoms with Crippen molar-refractivity contribution < 1.29 is 19.0 Å². The molecule has 3 unspecified atom stereocenters. The Morgan fingerprint density at radius 1 is 1.03 bits per heavy atom. The van der Waals surface area contributed by atoms with Gasteiger partial charge in [0.15, 0.2) is 0 Å². The van der Waals surface area contributed by atoms with Gasteiger partial charge in [-0.15, -0.1) is 0 Å². The highest BCUT2D eigenvalue weighted by Gasteiger charge is 2.65. The molecule has 3 atom stereocenters. The lowest BCUT2D eigenvalue weighted by atomic mass is 10.1. The fraction of sp³-hybridized carbons (Fsp3) is 0.240. The quantitative estimate of drug-likeness (QED) is 0.429. The van der Waals surface area contributed by atoms with Crippen LogP contribution >= 0.6 is 11.6 Å². The van der Waals surface area contributed by atoms with Gasteiger partial charge in [0, 0.05) is 16.5 Å². The number of pyridine rings is 1. The maximum atomic E-state index is 12.9. The highest BCUT2D eigenvalue weighted by atomic mass is 35.5.